The molecule has 3 unspecified atom stereocenters. The van der Waals surface area contributed by atoms with E-state index >= 15 is 0 Å². The van der Waals surface area contributed by atoms with Crippen molar-refractivity contribution in [2.24, 2.45) is 0 Å². The van der Waals surface area contributed by atoms with Gasteiger partial charge in [0, 0.05) is 6.61 Å². The van der Waals surface area contributed by atoms with Crippen molar-refractivity contribution < 1.29 is 23.7 Å². The second kappa shape index (κ2) is 4.25. The predicted molar refractivity (Wildman–Crippen MR) is 45.6 cm³/mol. The lowest BCUT2D eigenvalue weighted by Gasteiger charge is -2.29. The maximum absolute atomic E-state index is 11.3. The Bertz CT molecular complexity index is 217. The van der Waals surface area contributed by atoms with Crippen LogP contribution in [0.1, 0.15) is 13.3 Å². The van der Waals surface area contributed by atoms with Crippen LogP contribution >= 0.6 is 0 Å². The molecule has 14 heavy (non-hydrogen) atoms. The maximum atomic E-state index is 11.3. The van der Waals surface area contributed by atoms with Crippen LogP contribution in [0, 0.1) is 0 Å². The van der Waals surface area contributed by atoms with Crippen LogP contribution < -0.4 is 0 Å². The Balaban J connectivity index is 1.87. The largest absolute Gasteiger partial charge is 0.462 e. The molecule has 0 aliphatic carbocycles. The van der Waals surface area contributed by atoms with Crippen molar-refractivity contribution in [1.29, 1.82) is 0 Å². The summed E-state index contributed by atoms with van der Waals surface area (Å²) in [5.41, 5.74) is 0. The molecule has 2 aliphatic rings. The molecule has 0 bridgehead atoms. The Kier molecular flexibility index (Phi) is 3.00. The number of esters is 1. The van der Waals surface area contributed by atoms with Crippen molar-refractivity contribution in [2.45, 2.75) is 31.8 Å². The van der Waals surface area contributed by atoms with Gasteiger partial charge in [-0.1, -0.05) is 0 Å². The lowest BCUT2D eigenvalue weighted by molar-refractivity contribution is -0.245. The monoisotopic (exact) mass is 202 g/mol. The SMILES string of the molecule is CCOC(=O)C1OCC2OCCC2O1. The molecule has 0 amide bonds. The number of carbonyl (C=O) groups is 1. The minimum absolute atomic E-state index is 0.0133. The van der Waals surface area contributed by atoms with E-state index < -0.39 is 12.3 Å². The average Bonchev–Trinajstić information content (AvgIpc) is 2.64. The van der Waals surface area contributed by atoms with Gasteiger partial charge in [0.15, 0.2) is 0 Å². The van der Waals surface area contributed by atoms with Gasteiger partial charge in [-0.3, -0.25) is 0 Å². The maximum Gasteiger partial charge on any atom is 0.363 e. The van der Waals surface area contributed by atoms with E-state index in [1.807, 2.05) is 0 Å². The highest BCUT2D eigenvalue weighted by molar-refractivity contribution is 5.73. The van der Waals surface area contributed by atoms with Gasteiger partial charge < -0.3 is 18.9 Å². The van der Waals surface area contributed by atoms with Crippen LogP contribution in [-0.2, 0) is 23.7 Å². The molecule has 2 saturated heterocycles. The molecule has 2 aliphatic heterocycles. The van der Waals surface area contributed by atoms with Gasteiger partial charge in [-0.25, -0.2) is 4.79 Å². The van der Waals surface area contributed by atoms with Crippen LogP contribution in [0.25, 0.3) is 0 Å². The van der Waals surface area contributed by atoms with Crippen molar-refractivity contribution in [3.05, 3.63) is 0 Å². The molecule has 0 aromatic carbocycles. The van der Waals surface area contributed by atoms with Gasteiger partial charge in [0.1, 0.15) is 6.10 Å². The zero-order valence-electron chi connectivity index (χ0n) is 8.10. The molecule has 3 atom stereocenters. The molecule has 5 nitrogen and oxygen atoms in total. The van der Waals surface area contributed by atoms with E-state index in [1.54, 1.807) is 6.92 Å². The first-order valence-electron chi connectivity index (χ1n) is 4.86. The predicted octanol–water partition coefficient (Wildman–Crippen LogP) is 0.0799. The Hall–Kier alpha value is -0.650. The molecule has 0 saturated carbocycles. The summed E-state index contributed by atoms with van der Waals surface area (Å²) in [5, 5.41) is 0. The summed E-state index contributed by atoms with van der Waals surface area (Å²) >= 11 is 0. The average molecular weight is 202 g/mol. The minimum atomic E-state index is -0.863. The van der Waals surface area contributed by atoms with Gasteiger partial charge in [-0.2, -0.15) is 0 Å². The van der Waals surface area contributed by atoms with Gasteiger partial charge in [0.25, 0.3) is 6.29 Å². The number of hydrogen-bond acceptors (Lipinski definition) is 5. The normalized spacial score (nSPS) is 36.5. The van der Waals surface area contributed by atoms with Gasteiger partial charge >= 0.3 is 5.97 Å². The lowest BCUT2D eigenvalue weighted by Crippen LogP contribution is -2.45. The third-order valence-corrected chi connectivity index (χ3v) is 2.34. The third-order valence-electron chi connectivity index (χ3n) is 2.34. The van der Waals surface area contributed by atoms with Crippen molar-refractivity contribution >= 4 is 5.97 Å². The second-order valence-electron chi connectivity index (χ2n) is 3.29. The molecule has 5 heteroatoms. The van der Waals surface area contributed by atoms with Crippen LogP contribution in [0.2, 0.25) is 0 Å². The Morgan fingerprint density at radius 2 is 2.29 bits per heavy atom. The molecule has 80 valence electrons. The van der Waals surface area contributed by atoms with E-state index in [9.17, 15) is 4.79 Å². The summed E-state index contributed by atoms with van der Waals surface area (Å²) in [6.45, 7) is 3.18. The molecular formula is C9H14O5. The van der Waals surface area contributed by atoms with Crippen molar-refractivity contribution in [3.8, 4) is 0 Å². The highest BCUT2D eigenvalue weighted by atomic mass is 16.7. The summed E-state index contributed by atoms with van der Waals surface area (Å²) in [4.78, 5) is 11.3. The summed E-state index contributed by atoms with van der Waals surface area (Å²) < 4.78 is 20.7. The fourth-order valence-corrected chi connectivity index (χ4v) is 1.65. The zero-order valence-corrected chi connectivity index (χ0v) is 8.10. The molecule has 2 heterocycles. The number of ether oxygens (including phenoxy) is 4. The fraction of sp³-hybridized carbons (Fsp3) is 0.889. The second-order valence-corrected chi connectivity index (χ2v) is 3.29. The number of carbonyl (C=O) groups excluding carboxylic acids is 1. The molecule has 0 aromatic heterocycles. The van der Waals surface area contributed by atoms with Crippen LogP contribution in [0.15, 0.2) is 0 Å². The number of rotatable bonds is 2. The molecule has 0 aromatic rings. The standard InChI is InChI=1S/C9H14O5/c1-2-11-8(10)9-13-5-7-6(14-9)3-4-12-7/h6-7,9H,2-5H2,1H3. The molecule has 2 rings (SSSR count). The highest BCUT2D eigenvalue weighted by Gasteiger charge is 2.39. The van der Waals surface area contributed by atoms with E-state index in [-0.39, 0.29) is 12.2 Å². The number of fused-ring (bicyclic) bond motifs is 1. The summed E-state index contributed by atoms with van der Waals surface area (Å²) in [6, 6.07) is 0. The first kappa shape index (κ1) is 9.89. The smallest absolute Gasteiger partial charge is 0.363 e. The van der Waals surface area contributed by atoms with E-state index in [2.05, 4.69) is 0 Å². The minimum Gasteiger partial charge on any atom is -0.462 e. The van der Waals surface area contributed by atoms with Crippen LogP contribution in [-0.4, -0.2) is 44.3 Å². The summed E-state index contributed by atoms with van der Waals surface area (Å²) in [6.07, 6.45) is -0.0686. The van der Waals surface area contributed by atoms with E-state index in [1.165, 1.54) is 0 Å². The third kappa shape index (κ3) is 1.89. The number of hydrogen-bond donors (Lipinski definition) is 0. The van der Waals surface area contributed by atoms with E-state index in [4.69, 9.17) is 18.9 Å². The first-order valence-corrected chi connectivity index (χ1v) is 4.86. The van der Waals surface area contributed by atoms with Crippen LogP contribution in [0.4, 0.5) is 0 Å². The van der Waals surface area contributed by atoms with Crippen molar-refractivity contribution in [1.82, 2.24) is 0 Å². The Morgan fingerprint density at radius 1 is 1.43 bits per heavy atom. The van der Waals surface area contributed by atoms with Crippen molar-refractivity contribution in [3.63, 3.8) is 0 Å². The van der Waals surface area contributed by atoms with Gasteiger partial charge in [0.05, 0.1) is 19.3 Å². The molecule has 0 radical (unpaired) electrons. The lowest BCUT2D eigenvalue weighted by atomic mass is 10.2. The molecule has 2 fully saturated rings. The van der Waals surface area contributed by atoms with Crippen LogP contribution in [0.3, 0.4) is 0 Å². The first-order chi connectivity index (χ1) is 6.81. The Labute approximate surface area is 82.3 Å². The van der Waals surface area contributed by atoms with E-state index in [0.717, 1.165) is 6.42 Å². The van der Waals surface area contributed by atoms with Crippen LogP contribution in [0.5, 0.6) is 0 Å². The van der Waals surface area contributed by atoms with Crippen molar-refractivity contribution in [2.75, 3.05) is 19.8 Å². The van der Waals surface area contributed by atoms with Gasteiger partial charge in [-0.15, -0.1) is 0 Å². The van der Waals surface area contributed by atoms with Gasteiger partial charge in [0.2, 0.25) is 0 Å². The molecule has 0 spiro atoms. The van der Waals surface area contributed by atoms with Gasteiger partial charge in [-0.05, 0) is 13.3 Å². The zero-order chi connectivity index (χ0) is 9.97. The topological polar surface area (TPSA) is 54.0 Å². The fourth-order valence-electron chi connectivity index (χ4n) is 1.65. The Morgan fingerprint density at radius 3 is 3.07 bits per heavy atom. The summed E-state index contributed by atoms with van der Waals surface area (Å²) in [7, 11) is 0. The summed E-state index contributed by atoms with van der Waals surface area (Å²) in [5.74, 6) is -0.446. The highest BCUT2D eigenvalue weighted by Crippen LogP contribution is 2.24. The molecular weight excluding hydrogens is 188 g/mol. The quantitative estimate of drug-likeness (QED) is 0.593. The molecule has 0 N–H and O–H groups in total. The van der Waals surface area contributed by atoms with E-state index in [0.29, 0.717) is 19.8 Å².